The van der Waals surface area contributed by atoms with Gasteiger partial charge in [0.2, 0.25) is 5.91 Å². The quantitative estimate of drug-likeness (QED) is 0.616. The van der Waals surface area contributed by atoms with Crippen LogP contribution in [-0.4, -0.2) is 38.1 Å². The van der Waals surface area contributed by atoms with Gasteiger partial charge in [-0.3, -0.25) is 9.59 Å². The zero-order chi connectivity index (χ0) is 18.2. The number of nitrogens with one attached hydrogen (secondary N) is 2. The van der Waals surface area contributed by atoms with E-state index < -0.39 is 0 Å². The third-order valence-corrected chi connectivity index (χ3v) is 3.74. The smallest absolute Gasteiger partial charge is 0.251 e. The molecule has 2 amide bonds. The Morgan fingerprint density at radius 2 is 1.65 bits per heavy atom. The Labute approximate surface area is 151 Å². The number of carbonyl (C=O) groups excluding carboxylic acids is 2. The zero-order valence-electron chi connectivity index (χ0n) is 14.2. The van der Waals surface area contributed by atoms with Crippen LogP contribution in [0.5, 0.6) is 11.5 Å². The van der Waals surface area contributed by atoms with E-state index in [1.54, 1.807) is 30.3 Å². The van der Waals surface area contributed by atoms with Crippen molar-refractivity contribution < 1.29 is 19.1 Å². The lowest BCUT2D eigenvalue weighted by Crippen LogP contribution is -2.33. The monoisotopic (exact) mass is 352 g/mol. The van der Waals surface area contributed by atoms with E-state index in [0.717, 1.165) is 5.56 Å². The van der Waals surface area contributed by atoms with Gasteiger partial charge in [0.15, 0.2) is 11.5 Å². The van der Waals surface area contributed by atoms with Crippen molar-refractivity contribution in [1.29, 1.82) is 0 Å². The van der Waals surface area contributed by atoms with Gasteiger partial charge in [-0.1, -0.05) is 24.3 Å². The molecule has 2 aromatic carbocycles. The van der Waals surface area contributed by atoms with E-state index in [1.807, 2.05) is 24.3 Å². The van der Waals surface area contributed by atoms with E-state index in [-0.39, 0.29) is 11.8 Å². The SMILES string of the molecule is O=C(C=Cc1ccc2c(c1)OCCO2)NCCNC(=O)c1ccccc1. The molecule has 0 aliphatic carbocycles. The molecule has 0 fully saturated rings. The molecule has 1 aliphatic rings. The number of fused-ring (bicyclic) bond motifs is 1. The van der Waals surface area contributed by atoms with E-state index >= 15 is 0 Å². The summed E-state index contributed by atoms with van der Waals surface area (Å²) in [6, 6.07) is 14.5. The highest BCUT2D eigenvalue weighted by Crippen LogP contribution is 2.30. The second-order valence-corrected chi connectivity index (χ2v) is 5.65. The van der Waals surface area contributed by atoms with Gasteiger partial charge >= 0.3 is 0 Å². The van der Waals surface area contributed by atoms with Crippen LogP contribution in [0.1, 0.15) is 15.9 Å². The highest BCUT2D eigenvalue weighted by atomic mass is 16.6. The number of hydrogen-bond acceptors (Lipinski definition) is 4. The Morgan fingerprint density at radius 1 is 0.923 bits per heavy atom. The first kappa shape index (κ1) is 17.5. The van der Waals surface area contributed by atoms with E-state index in [9.17, 15) is 9.59 Å². The average Bonchev–Trinajstić information content (AvgIpc) is 2.70. The van der Waals surface area contributed by atoms with Crippen LogP contribution in [0.2, 0.25) is 0 Å². The molecule has 0 atom stereocenters. The summed E-state index contributed by atoms with van der Waals surface area (Å²) in [4.78, 5) is 23.7. The van der Waals surface area contributed by atoms with Crippen molar-refractivity contribution in [2.75, 3.05) is 26.3 Å². The molecule has 6 heteroatoms. The fraction of sp³-hybridized carbons (Fsp3) is 0.200. The maximum Gasteiger partial charge on any atom is 0.251 e. The van der Waals surface area contributed by atoms with Crippen LogP contribution in [0, 0.1) is 0 Å². The maximum atomic E-state index is 11.9. The summed E-state index contributed by atoms with van der Waals surface area (Å²) in [6.45, 7) is 1.78. The molecule has 0 bridgehead atoms. The van der Waals surface area contributed by atoms with Crippen molar-refractivity contribution >= 4 is 17.9 Å². The first-order valence-electron chi connectivity index (χ1n) is 8.41. The predicted molar refractivity (Wildman–Crippen MR) is 98.3 cm³/mol. The Morgan fingerprint density at radius 3 is 2.46 bits per heavy atom. The van der Waals surface area contributed by atoms with E-state index in [1.165, 1.54) is 6.08 Å². The molecule has 0 saturated carbocycles. The van der Waals surface area contributed by atoms with Gasteiger partial charge in [-0.2, -0.15) is 0 Å². The topological polar surface area (TPSA) is 76.7 Å². The molecule has 1 aliphatic heterocycles. The van der Waals surface area contributed by atoms with Crippen LogP contribution >= 0.6 is 0 Å². The summed E-state index contributed by atoms with van der Waals surface area (Å²) in [5.74, 6) is 1.01. The molecular formula is C20H20N2O4. The fourth-order valence-corrected chi connectivity index (χ4v) is 2.45. The summed E-state index contributed by atoms with van der Waals surface area (Å²) in [7, 11) is 0. The second-order valence-electron chi connectivity index (χ2n) is 5.65. The maximum absolute atomic E-state index is 11.9. The van der Waals surface area contributed by atoms with Crippen molar-refractivity contribution in [1.82, 2.24) is 10.6 Å². The minimum absolute atomic E-state index is 0.160. The minimum atomic E-state index is -0.228. The van der Waals surface area contributed by atoms with Gasteiger partial charge in [0, 0.05) is 24.7 Å². The molecule has 0 radical (unpaired) electrons. The van der Waals surface area contributed by atoms with Crippen molar-refractivity contribution in [2.45, 2.75) is 0 Å². The first-order chi connectivity index (χ1) is 12.7. The van der Waals surface area contributed by atoms with Crippen molar-refractivity contribution in [3.8, 4) is 11.5 Å². The zero-order valence-corrected chi connectivity index (χ0v) is 14.2. The van der Waals surface area contributed by atoms with Gasteiger partial charge in [-0.15, -0.1) is 0 Å². The van der Waals surface area contributed by atoms with Crippen molar-refractivity contribution in [2.24, 2.45) is 0 Å². The molecule has 6 nitrogen and oxygen atoms in total. The van der Waals surface area contributed by atoms with Crippen LogP contribution in [0.4, 0.5) is 0 Å². The molecule has 2 N–H and O–H groups in total. The number of rotatable bonds is 6. The van der Waals surface area contributed by atoms with Crippen LogP contribution in [0.3, 0.4) is 0 Å². The van der Waals surface area contributed by atoms with Crippen LogP contribution in [0.25, 0.3) is 6.08 Å². The van der Waals surface area contributed by atoms with E-state index in [0.29, 0.717) is 43.4 Å². The van der Waals surface area contributed by atoms with Gasteiger partial charge in [0.1, 0.15) is 13.2 Å². The van der Waals surface area contributed by atoms with Gasteiger partial charge in [0.25, 0.3) is 5.91 Å². The highest BCUT2D eigenvalue weighted by Gasteiger charge is 2.10. The molecule has 26 heavy (non-hydrogen) atoms. The summed E-state index contributed by atoms with van der Waals surface area (Å²) in [5, 5.41) is 5.48. The standard InChI is InChI=1S/C20H20N2O4/c23-19(21-10-11-22-20(24)16-4-2-1-3-5-16)9-7-15-6-8-17-18(14-15)26-13-12-25-17/h1-9,14H,10-13H2,(H,21,23)(H,22,24). The van der Waals surface area contributed by atoms with E-state index in [2.05, 4.69) is 10.6 Å². The lowest BCUT2D eigenvalue weighted by Gasteiger charge is -2.18. The Balaban J connectivity index is 1.41. The largest absolute Gasteiger partial charge is 0.486 e. The second kappa shape index (κ2) is 8.71. The molecule has 0 aromatic heterocycles. The minimum Gasteiger partial charge on any atom is -0.486 e. The molecule has 0 unspecified atom stereocenters. The van der Waals surface area contributed by atoms with Gasteiger partial charge in [0.05, 0.1) is 0 Å². The molecular weight excluding hydrogens is 332 g/mol. The van der Waals surface area contributed by atoms with E-state index in [4.69, 9.17) is 9.47 Å². The first-order valence-corrected chi connectivity index (χ1v) is 8.41. The third-order valence-electron chi connectivity index (χ3n) is 3.74. The number of benzene rings is 2. The molecule has 0 spiro atoms. The van der Waals surface area contributed by atoms with Crippen LogP contribution < -0.4 is 20.1 Å². The average molecular weight is 352 g/mol. The summed E-state index contributed by atoms with van der Waals surface area (Å²) in [6.07, 6.45) is 3.15. The molecule has 3 rings (SSSR count). The van der Waals surface area contributed by atoms with Gasteiger partial charge in [-0.25, -0.2) is 0 Å². The lowest BCUT2D eigenvalue weighted by atomic mass is 10.2. The van der Waals surface area contributed by atoms with Crippen molar-refractivity contribution in [3.63, 3.8) is 0 Å². The number of hydrogen-bond donors (Lipinski definition) is 2. The normalized spacial score (nSPS) is 12.6. The molecule has 1 heterocycles. The number of carbonyl (C=O) groups is 2. The fourth-order valence-electron chi connectivity index (χ4n) is 2.45. The molecule has 134 valence electrons. The van der Waals surface area contributed by atoms with Crippen LogP contribution in [0.15, 0.2) is 54.6 Å². The predicted octanol–water partition coefficient (Wildman–Crippen LogP) is 2.02. The van der Waals surface area contributed by atoms with Gasteiger partial charge < -0.3 is 20.1 Å². The summed E-state index contributed by atoms with van der Waals surface area (Å²) in [5.41, 5.74) is 1.44. The third kappa shape index (κ3) is 4.86. The van der Waals surface area contributed by atoms with Crippen LogP contribution in [-0.2, 0) is 4.79 Å². The highest BCUT2D eigenvalue weighted by molar-refractivity contribution is 5.94. The summed E-state index contributed by atoms with van der Waals surface area (Å²) >= 11 is 0. The number of ether oxygens (including phenoxy) is 2. The number of amides is 2. The molecule has 0 saturated heterocycles. The Hall–Kier alpha value is -3.28. The Kier molecular flexibility index (Phi) is 5.88. The van der Waals surface area contributed by atoms with Crippen molar-refractivity contribution in [3.05, 3.63) is 65.7 Å². The Bertz CT molecular complexity index is 803. The summed E-state index contributed by atoms with van der Waals surface area (Å²) < 4.78 is 11.0. The lowest BCUT2D eigenvalue weighted by molar-refractivity contribution is -0.116. The molecule has 2 aromatic rings. The van der Waals surface area contributed by atoms with Gasteiger partial charge in [-0.05, 0) is 35.9 Å².